The van der Waals surface area contributed by atoms with E-state index in [1.807, 2.05) is 12.1 Å². The first-order valence-corrected chi connectivity index (χ1v) is 8.93. The summed E-state index contributed by atoms with van der Waals surface area (Å²) in [4.78, 5) is 16.2. The molecule has 0 aromatic heterocycles. The van der Waals surface area contributed by atoms with E-state index in [-0.39, 0.29) is 11.8 Å². The summed E-state index contributed by atoms with van der Waals surface area (Å²) < 4.78 is 13.0. The lowest BCUT2D eigenvalue weighted by atomic mass is 10.2. The van der Waals surface area contributed by atoms with E-state index in [2.05, 4.69) is 27.4 Å². The molecule has 0 saturated carbocycles. The van der Waals surface area contributed by atoms with Crippen LogP contribution in [0.3, 0.4) is 0 Å². The van der Waals surface area contributed by atoms with E-state index in [0.717, 1.165) is 64.2 Å². The number of carbonyl (C=O) groups excluding carboxylic acids is 1. The Morgan fingerprint density at radius 2 is 1.67 bits per heavy atom. The molecule has 1 aromatic carbocycles. The van der Waals surface area contributed by atoms with Crippen molar-refractivity contribution in [1.29, 1.82) is 0 Å². The molecule has 1 fully saturated rings. The fourth-order valence-electron chi connectivity index (χ4n) is 2.83. The molecule has 1 heterocycles. The van der Waals surface area contributed by atoms with E-state index in [1.165, 1.54) is 12.1 Å². The zero-order valence-electron chi connectivity index (χ0n) is 14.6. The number of rotatable bonds is 8. The van der Waals surface area contributed by atoms with E-state index in [1.54, 1.807) is 0 Å². The zero-order valence-corrected chi connectivity index (χ0v) is 14.6. The predicted octanol–water partition coefficient (Wildman–Crippen LogP) is 2.44. The van der Waals surface area contributed by atoms with E-state index < -0.39 is 0 Å². The Labute approximate surface area is 144 Å². The summed E-state index contributed by atoms with van der Waals surface area (Å²) in [6.45, 7) is 8.46. The van der Waals surface area contributed by atoms with Crippen molar-refractivity contribution in [2.45, 2.75) is 26.2 Å². The second kappa shape index (κ2) is 10.1. The molecule has 2 N–H and O–H groups in total. The van der Waals surface area contributed by atoms with Gasteiger partial charge in [0.05, 0.1) is 0 Å². The molecule has 6 heteroatoms. The SMILES string of the molecule is CCCCNC(=O)NCCCN1CCN(c2ccc(F)cc2)CC1. The summed E-state index contributed by atoms with van der Waals surface area (Å²) >= 11 is 0. The molecule has 2 amide bonds. The van der Waals surface area contributed by atoms with Gasteiger partial charge in [-0.1, -0.05) is 13.3 Å². The topological polar surface area (TPSA) is 47.6 Å². The Morgan fingerprint density at radius 1 is 1.04 bits per heavy atom. The van der Waals surface area contributed by atoms with Gasteiger partial charge >= 0.3 is 6.03 Å². The standard InChI is InChI=1S/C18H29FN4O/c1-2-3-9-20-18(24)21-10-4-11-22-12-14-23(15-13-22)17-7-5-16(19)6-8-17/h5-8H,2-4,9-15H2,1H3,(H2,20,21,24). The lowest BCUT2D eigenvalue weighted by Crippen LogP contribution is -2.47. The van der Waals surface area contributed by atoms with Crippen LogP contribution in [0.4, 0.5) is 14.9 Å². The second-order valence-electron chi connectivity index (χ2n) is 6.19. The number of nitrogens with one attached hydrogen (secondary N) is 2. The fraction of sp³-hybridized carbons (Fsp3) is 0.611. The smallest absolute Gasteiger partial charge is 0.314 e. The van der Waals surface area contributed by atoms with Gasteiger partial charge < -0.3 is 15.5 Å². The Balaban J connectivity index is 1.56. The van der Waals surface area contributed by atoms with Crippen LogP contribution in [-0.4, -0.2) is 56.7 Å². The van der Waals surface area contributed by atoms with Gasteiger partial charge in [-0.15, -0.1) is 0 Å². The van der Waals surface area contributed by atoms with Crippen molar-refractivity contribution in [2.24, 2.45) is 0 Å². The molecule has 0 spiro atoms. The van der Waals surface area contributed by atoms with Crippen molar-refractivity contribution in [3.05, 3.63) is 30.1 Å². The predicted molar refractivity (Wildman–Crippen MR) is 96.0 cm³/mol. The van der Waals surface area contributed by atoms with Gasteiger partial charge in [-0.3, -0.25) is 4.90 Å². The Hall–Kier alpha value is -1.82. The van der Waals surface area contributed by atoms with Gasteiger partial charge in [-0.25, -0.2) is 9.18 Å². The summed E-state index contributed by atoms with van der Waals surface area (Å²) in [5, 5.41) is 5.75. The molecule has 1 saturated heterocycles. The van der Waals surface area contributed by atoms with Crippen molar-refractivity contribution in [2.75, 3.05) is 50.7 Å². The lowest BCUT2D eigenvalue weighted by Gasteiger charge is -2.36. The quantitative estimate of drug-likeness (QED) is 0.717. The molecule has 2 rings (SSSR count). The maximum atomic E-state index is 13.0. The van der Waals surface area contributed by atoms with Gasteiger partial charge in [0.15, 0.2) is 0 Å². The number of nitrogens with zero attached hydrogens (tertiary/aromatic N) is 2. The molecule has 1 aliphatic heterocycles. The molecule has 134 valence electrons. The second-order valence-corrected chi connectivity index (χ2v) is 6.19. The van der Waals surface area contributed by atoms with Crippen molar-refractivity contribution >= 4 is 11.7 Å². The number of urea groups is 1. The highest BCUT2D eigenvalue weighted by atomic mass is 19.1. The molecule has 0 radical (unpaired) electrons. The molecule has 1 aromatic rings. The number of hydrogen-bond acceptors (Lipinski definition) is 3. The third kappa shape index (κ3) is 6.35. The van der Waals surface area contributed by atoms with Crippen molar-refractivity contribution in [3.8, 4) is 0 Å². The van der Waals surface area contributed by atoms with Crippen LogP contribution >= 0.6 is 0 Å². The molecule has 0 atom stereocenters. The van der Waals surface area contributed by atoms with Crippen molar-refractivity contribution in [1.82, 2.24) is 15.5 Å². The summed E-state index contributed by atoms with van der Waals surface area (Å²) in [5.41, 5.74) is 1.08. The van der Waals surface area contributed by atoms with Crippen LogP contribution in [0.1, 0.15) is 26.2 Å². The van der Waals surface area contributed by atoms with Gasteiger partial charge in [-0.05, 0) is 43.7 Å². The minimum absolute atomic E-state index is 0.0652. The highest BCUT2D eigenvalue weighted by Crippen LogP contribution is 2.16. The summed E-state index contributed by atoms with van der Waals surface area (Å²) in [7, 11) is 0. The summed E-state index contributed by atoms with van der Waals surface area (Å²) in [5.74, 6) is -0.191. The number of anilines is 1. The maximum absolute atomic E-state index is 13.0. The van der Waals surface area contributed by atoms with Gasteiger partial charge in [0.25, 0.3) is 0 Å². The molecule has 5 nitrogen and oxygen atoms in total. The molecule has 1 aliphatic rings. The third-order valence-electron chi connectivity index (χ3n) is 4.32. The first-order chi connectivity index (χ1) is 11.7. The van der Waals surface area contributed by atoms with Crippen LogP contribution in [0.2, 0.25) is 0 Å². The van der Waals surface area contributed by atoms with Gasteiger partial charge in [0.2, 0.25) is 0 Å². The maximum Gasteiger partial charge on any atom is 0.314 e. The molecule has 24 heavy (non-hydrogen) atoms. The van der Waals surface area contributed by atoms with Crippen LogP contribution in [0, 0.1) is 5.82 Å². The van der Waals surface area contributed by atoms with Crippen molar-refractivity contribution < 1.29 is 9.18 Å². The first kappa shape index (κ1) is 18.5. The van der Waals surface area contributed by atoms with Gasteiger partial charge in [0.1, 0.15) is 5.82 Å². The number of unbranched alkanes of at least 4 members (excludes halogenated alkanes) is 1. The lowest BCUT2D eigenvalue weighted by molar-refractivity contribution is 0.236. The van der Waals surface area contributed by atoms with Crippen LogP contribution in [0.15, 0.2) is 24.3 Å². The highest BCUT2D eigenvalue weighted by Gasteiger charge is 2.16. The number of hydrogen-bond donors (Lipinski definition) is 2. The number of amides is 2. The van der Waals surface area contributed by atoms with Crippen LogP contribution in [0.25, 0.3) is 0 Å². The zero-order chi connectivity index (χ0) is 17.2. The van der Waals surface area contributed by atoms with E-state index in [9.17, 15) is 9.18 Å². The average Bonchev–Trinajstić information content (AvgIpc) is 2.60. The van der Waals surface area contributed by atoms with Crippen LogP contribution < -0.4 is 15.5 Å². The Bertz CT molecular complexity index is 486. The van der Waals surface area contributed by atoms with Crippen molar-refractivity contribution in [3.63, 3.8) is 0 Å². The molecule has 0 bridgehead atoms. The number of piperazine rings is 1. The van der Waals surface area contributed by atoms with E-state index in [0.29, 0.717) is 6.54 Å². The monoisotopic (exact) mass is 336 g/mol. The van der Waals surface area contributed by atoms with Gasteiger partial charge in [0, 0.05) is 45.0 Å². The molecular formula is C18H29FN4O. The average molecular weight is 336 g/mol. The summed E-state index contributed by atoms with van der Waals surface area (Å²) in [6, 6.07) is 6.64. The number of halogens is 1. The first-order valence-electron chi connectivity index (χ1n) is 8.93. The summed E-state index contributed by atoms with van der Waals surface area (Å²) in [6.07, 6.45) is 3.06. The minimum Gasteiger partial charge on any atom is -0.369 e. The molecule has 0 aliphatic carbocycles. The molecular weight excluding hydrogens is 307 g/mol. The minimum atomic E-state index is -0.191. The van der Waals surface area contributed by atoms with Gasteiger partial charge in [-0.2, -0.15) is 0 Å². The Kier molecular flexibility index (Phi) is 7.82. The normalized spacial score (nSPS) is 15.3. The highest BCUT2D eigenvalue weighted by molar-refractivity contribution is 5.73. The third-order valence-corrected chi connectivity index (χ3v) is 4.32. The van der Waals surface area contributed by atoms with Crippen LogP contribution in [-0.2, 0) is 0 Å². The number of carbonyl (C=O) groups is 1. The van der Waals surface area contributed by atoms with E-state index >= 15 is 0 Å². The number of benzene rings is 1. The Morgan fingerprint density at radius 3 is 2.29 bits per heavy atom. The van der Waals surface area contributed by atoms with E-state index in [4.69, 9.17) is 0 Å². The van der Waals surface area contributed by atoms with Crippen LogP contribution in [0.5, 0.6) is 0 Å². The largest absolute Gasteiger partial charge is 0.369 e. The molecule has 0 unspecified atom stereocenters. The fourth-order valence-corrected chi connectivity index (χ4v) is 2.83.